The monoisotopic (exact) mass is 593 g/mol. The van der Waals surface area contributed by atoms with E-state index in [1.165, 1.54) is 6.07 Å². The van der Waals surface area contributed by atoms with E-state index in [2.05, 4.69) is 20.6 Å². The highest BCUT2D eigenvalue weighted by Gasteiger charge is 2.31. The number of carbonyl (C=O) groups is 2. The van der Waals surface area contributed by atoms with Crippen molar-refractivity contribution >= 4 is 33.4 Å². The molecule has 0 unspecified atom stereocenters. The zero-order chi connectivity index (χ0) is 29.9. The zero-order valence-corrected chi connectivity index (χ0v) is 23.3. The van der Waals surface area contributed by atoms with Crippen molar-refractivity contribution in [3.05, 3.63) is 90.0 Å². The van der Waals surface area contributed by atoms with Gasteiger partial charge in [0.2, 0.25) is 0 Å². The Morgan fingerprint density at radius 2 is 1.76 bits per heavy atom. The van der Waals surface area contributed by atoms with Crippen molar-refractivity contribution < 1.29 is 31.7 Å². The van der Waals surface area contributed by atoms with Gasteiger partial charge in [-0.2, -0.15) is 8.42 Å². The minimum Gasteiger partial charge on any atom is -0.457 e. The Balaban J connectivity index is 1.18. The third-order valence-corrected chi connectivity index (χ3v) is 8.12. The largest absolute Gasteiger partial charge is 0.457 e. The van der Waals surface area contributed by atoms with Gasteiger partial charge in [-0.05, 0) is 73.9 Å². The molecule has 1 fully saturated rings. The van der Waals surface area contributed by atoms with Crippen LogP contribution < -0.4 is 15.4 Å². The second kappa shape index (κ2) is 12.0. The molecule has 13 heteroatoms. The number of H-pyrrole nitrogens is 1. The van der Waals surface area contributed by atoms with Crippen LogP contribution in [0.3, 0.4) is 0 Å². The normalized spacial score (nSPS) is 13.9. The van der Waals surface area contributed by atoms with Gasteiger partial charge in [-0.15, -0.1) is 0 Å². The van der Waals surface area contributed by atoms with Crippen LogP contribution in [0.4, 0.5) is 20.6 Å². The van der Waals surface area contributed by atoms with Crippen molar-refractivity contribution in [2.75, 3.05) is 23.7 Å². The highest BCUT2D eigenvalue weighted by molar-refractivity contribution is 7.86. The Morgan fingerprint density at radius 1 is 1.02 bits per heavy atom. The van der Waals surface area contributed by atoms with Crippen LogP contribution in [0, 0.1) is 12.7 Å². The van der Waals surface area contributed by atoms with Crippen molar-refractivity contribution in [3.8, 4) is 22.9 Å². The number of amides is 3. The average molecular weight is 594 g/mol. The van der Waals surface area contributed by atoms with Crippen LogP contribution in [-0.4, -0.2) is 58.1 Å². The molecule has 1 saturated heterocycles. The summed E-state index contributed by atoms with van der Waals surface area (Å²) < 4.78 is 51.8. The molecular weight excluding hydrogens is 565 g/mol. The lowest BCUT2D eigenvalue weighted by Crippen LogP contribution is -2.42. The van der Waals surface area contributed by atoms with Gasteiger partial charge in [0.15, 0.2) is 0 Å². The number of aromatic nitrogens is 2. The van der Waals surface area contributed by atoms with E-state index in [1.54, 1.807) is 78.8 Å². The van der Waals surface area contributed by atoms with Gasteiger partial charge in [-0.1, -0.05) is 6.07 Å². The molecule has 42 heavy (non-hydrogen) atoms. The third-order valence-electron chi connectivity index (χ3n) is 6.81. The number of anilines is 2. The first-order valence-corrected chi connectivity index (χ1v) is 14.6. The van der Waals surface area contributed by atoms with Gasteiger partial charge in [-0.3, -0.25) is 14.3 Å². The molecule has 0 radical (unpaired) electrons. The van der Waals surface area contributed by atoms with E-state index in [0.29, 0.717) is 34.1 Å². The van der Waals surface area contributed by atoms with Crippen LogP contribution in [-0.2, 0) is 10.1 Å². The number of carbonyl (C=O) groups excluding carboxylic acids is 2. The molecule has 0 aliphatic carbocycles. The number of rotatable bonds is 7. The molecule has 5 rings (SSSR count). The molecule has 4 aromatic rings. The van der Waals surface area contributed by atoms with Gasteiger partial charge in [0.25, 0.3) is 16.0 Å². The summed E-state index contributed by atoms with van der Waals surface area (Å²) in [6.45, 7) is 2.26. The summed E-state index contributed by atoms with van der Waals surface area (Å²) in [5.41, 5.74) is 2.91. The van der Waals surface area contributed by atoms with E-state index in [9.17, 15) is 27.0 Å². The van der Waals surface area contributed by atoms with Crippen molar-refractivity contribution in [3.63, 3.8) is 0 Å². The number of aromatic amines is 1. The Hall–Kier alpha value is -4.75. The molecular formula is C29H28FN5O6S. The Kier molecular flexibility index (Phi) is 8.22. The summed E-state index contributed by atoms with van der Waals surface area (Å²) in [7, 11) is -4.11. The summed E-state index contributed by atoms with van der Waals surface area (Å²) in [4.78, 5) is 34.2. The Bertz CT molecular complexity index is 1720. The maximum Gasteiger partial charge on any atom is 0.323 e. The smallest absolute Gasteiger partial charge is 0.323 e. The molecule has 3 heterocycles. The van der Waals surface area contributed by atoms with Crippen molar-refractivity contribution in [1.82, 2.24) is 14.9 Å². The van der Waals surface area contributed by atoms with E-state index in [1.807, 2.05) is 0 Å². The number of hydrogen-bond donors (Lipinski definition) is 4. The third kappa shape index (κ3) is 6.93. The second-order valence-electron chi connectivity index (χ2n) is 9.87. The maximum absolute atomic E-state index is 13.9. The summed E-state index contributed by atoms with van der Waals surface area (Å²) in [6.07, 6.45) is 3.50. The lowest BCUT2D eigenvalue weighted by atomic mass is 10.1. The first-order valence-electron chi connectivity index (χ1n) is 13.1. The summed E-state index contributed by atoms with van der Waals surface area (Å²) in [6, 6.07) is 15.5. The van der Waals surface area contributed by atoms with Crippen LogP contribution in [0.5, 0.6) is 11.5 Å². The van der Waals surface area contributed by atoms with Gasteiger partial charge in [0.1, 0.15) is 17.3 Å². The number of nitrogens with one attached hydrogen (secondary N) is 3. The molecule has 11 nitrogen and oxygen atoms in total. The van der Waals surface area contributed by atoms with E-state index in [-0.39, 0.29) is 37.5 Å². The zero-order valence-electron chi connectivity index (χ0n) is 22.5. The summed E-state index contributed by atoms with van der Waals surface area (Å²) in [5.74, 6) is 0.212. The first-order chi connectivity index (χ1) is 20.0. The predicted octanol–water partition coefficient (Wildman–Crippen LogP) is 5.45. The Morgan fingerprint density at radius 3 is 2.48 bits per heavy atom. The molecule has 218 valence electrons. The van der Waals surface area contributed by atoms with Gasteiger partial charge < -0.3 is 25.3 Å². The fourth-order valence-electron chi connectivity index (χ4n) is 4.59. The second-order valence-corrected chi connectivity index (χ2v) is 11.6. The van der Waals surface area contributed by atoms with E-state index >= 15 is 0 Å². The highest BCUT2D eigenvalue weighted by atomic mass is 32.2. The molecule has 2 aromatic heterocycles. The number of aryl methyl sites for hydroxylation is 1. The minimum atomic E-state index is -4.11. The molecule has 1 aliphatic heterocycles. The lowest BCUT2D eigenvalue weighted by molar-refractivity contribution is 0.0724. The van der Waals surface area contributed by atoms with Crippen molar-refractivity contribution in [1.29, 1.82) is 0 Å². The van der Waals surface area contributed by atoms with Crippen LogP contribution in [0.1, 0.15) is 28.8 Å². The standard InChI is InChI=1S/C29H28FN5O6S/c1-18-2-7-24(30)25(14-18)34-29(37)33-20-3-5-21(6-4-20)41-22-8-11-31-27(16-22)26-15-19(17-32-26)28(36)35-12-9-23(10-13-35)42(38,39)40/h2-8,11,14-17,23,32H,9-10,12-13H2,1H3,(H2,33,34,37)(H,38,39,40). The van der Waals surface area contributed by atoms with Crippen LogP contribution in [0.15, 0.2) is 73.1 Å². The van der Waals surface area contributed by atoms with E-state index in [0.717, 1.165) is 5.56 Å². The summed E-state index contributed by atoms with van der Waals surface area (Å²) >= 11 is 0. The fourth-order valence-corrected chi connectivity index (χ4v) is 5.40. The topological polar surface area (TPSA) is 154 Å². The molecule has 0 bridgehead atoms. The Labute approximate surface area is 241 Å². The van der Waals surface area contributed by atoms with Gasteiger partial charge >= 0.3 is 6.03 Å². The molecule has 1 aliphatic rings. The number of urea groups is 1. The number of ether oxygens (including phenoxy) is 1. The highest BCUT2D eigenvalue weighted by Crippen LogP contribution is 2.27. The number of nitrogens with zero attached hydrogens (tertiary/aromatic N) is 2. The van der Waals surface area contributed by atoms with Crippen LogP contribution in [0.25, 0.3) is 11.4 Å². The maximum atomic E-state index is 13.9. The number of piperidine rings is 1. The number of hydrogen-bond acceptors (Lipinski definition) is 6. The van der Waals surface area contributed by atoms with Crippen molar-refractivity contribution in [2.45, 2.75) is 25.0 Å². The van der Waals surface area contributed by atoms with Crippen LogP contribution in [0.2, 0.25) is 0 Å². The molecule has 0 atom stereocenters. The van der Waals surface area contributed by atoms with Gasteiger partial charge in [0.05, 0.1) is 27.9 Å². The lowest BCUT2D eigenvalue weighted by Gasteiger charge is -2.30. The van der Waals surface area contributed by atoms with Gasteiger partial charge in [0, 0.05) is 37.2 Å². The van der Waals surface area contributed by atoms with E-state index in [4.69, 9.17) is 4.74 Å². The first kappa shape index (κ1) is 28.8. The molecule has 0 saturated carbocycles. The van der Waals surface area contributed by atoms with Crippen LogP contribution >= 0.6 is 0 Å². The molecule has 0 spiro atoms. The fraction of sp³-hybridized carbons (Fsp3) is 0.207. The number of benzene rings is 2. The predicted molar refractivity (Wildman–Crippen MR) is 155 cm³/mol. The SMILES string of the molecule is Cc1ccc(F)c(NC(=O)Nc2ccc(Oc3ccnc(-c4cc(C(=O)N5CCC(S(=O)(=O)O)CC5)c[nH]4)c3)cc2)c1. The number of pyridine rings is 1. The van der Waals surface area contributed by atoms with E-state index < -0.39 is 27.2 Å². The quantitative estimate of drug-likeness (QED) is 0.208. The number of halogens is 1. The summed E-state index contributed by atoms with van der Waals surface area (Å²) in [5, 5.41) is 4.29. The number of likely N-dealkylation sites (tertiary alicyclic amines) is 1. The average Bonchev–Trinajstić information content (AvgIpc) is 3.46. The minimum absolute atomic E-state index is 0.0832. The van der Waals surface area contributed by atoms with Crippen molar-refractivity contribution in [2.24, 2.45) is 0 Å². The molecule has 2 aromatic carbocycles. The molecule has 3 amide bonds. The molecule has 4 N–H and O–H groups in total. The van der Waals surface area contributed by atoms with Gasteiger partial charge in [-0.25, -0.2) is 9.18 Å².